The summed E-state index contributed by atoms with van der Waals surface area (Å²) in [5.74, 6) is -0.918. The average Bonchev–Trinajstić information content (AvgIpc) is 3.13. The summed E-state index contributed by atoms with van der Waals surface area (Å²) < 4.78 is 15.3. The monoisotopic (exact) mass is 435 g/mol. The van der Waals surface area contributed by atoms with Crippen molar-refractivity contribution in [1.29, 1.82) is 0 Å². The SMILES string of the molecule is O=C(CN1CCCCCC1)Nc1cccc(NC(=O)c2ccn(-c3ccccc3F)n2)c1. The van der Waals surface area contributed by atoms with Crippen LogP contribution in [0.1, 0.15) is 36.2 Å². The molecule has 2 aromatic carbocycles. The Hall–Kier alpha value is -3.52. The van der Waals surface area contributed by atoms with Gasteiger partial charge in [-0.25, -0.2) is 9.07 Å². The first-order chi connectivity index (χ1) is 15.6. The molecule has 32 heavy (non-hydrogen) atoms. The predicted octanol–water partition coefficient (Wildman–Crippen LogP) is 4.08. The fraction of sp³-hybridized carbons (Fsp3) is 0.292. The Morgan fingerprint density at radius 3 is 2.38 bits per heavy atom. The van der Waals surface area contributed by atoms with Gasteiger partial charge in [-0.15, -0.1) is 0 Å². The molecule has 7 nitrogen and oxygen atoms in total. The van der Waals surface area contributed by atoms with E-state index in [1.54, 1.807) is 42.5 Å². The van der Waals surface area contributed by atoms with Crippen molar-refractivity contribution in [3.05, 3.63) is 72.3 Å². The molecule has 8 heteroatoms. The third-order valence-corrected chi connectivity index (χ3v) is 5.39. The van der Waals surface area contributed by atoms with Crippen LogP contribution < -0.4 is 10.6 Å². The van der Waals surface area contributed by atoms with Crippen LogP contribution in [0.4, 0.5) is 15.8 Å². The zero-order valence-corrected chi connectivity index (χ0v) is 17.8. The van der Waals surface area contributed by atoms with E-state index < -0.39 is 11.7 Å². The van der Waals surface area contributed by atoms with E-state index in [0.29, 0.717) is 17.9 Å². The molecular formula is C24H26FN5O2. The molecule has 166 valence electrons. The number of halogens is 1. The standard InChI is InChI=1S/C24H26FN5O2/c25-20-10-3-4-11-22(20)30-15-12-21(28-30)24(32)27-19-9-7-8-18(16-19)26-23(31)17-29-13-5-1-2-6-14-29/h3-4,7-12,15-16H,1-2,5-6,13-14,17H2,(H,26,31)(H,27,32). The van der Waals surface area contributed by atoms with Crippen LogP contribution in [0.2, 0.25) is 0 Å². The van der Waals surface area contributed by atoms with Crippen molar-refractivity contribution in [2.45, 2.75) is 25.7 Å². The quantitative estimate of drug-likeness (QED) is 0.612. The van der Waals surface area contributed by atoms with Crippen LogP contribution in [-0.2, 0) is 4.79 Å². The molecule has 1 fully saturated rings. The molecule has 2 amide bonds. The van der Waals surface area contributed by atoms with Crippen molar-refractivity contribution < 1.29 is 14.0 Å². The van der Waals surface area contributed by atoms with Gasteiger partial charge in [0, 0.05) is 17.6 Å². The predicted molar refractivity (Wildman–Crippen MR) is 121 cm³/mol. The summed E-state index contributed by atoms with van der Waals surface area (Å²) in [6, 6.07) is 14.7. The minimum atomic E-state index is -0.425. The summed E-state index contributed by atoms with van der Waals surface area (Å²) in [5.41, 5.74) is 1.56. The molecule has 0 radical (unpaired) electrons. The van der Waals surface area contributed by atoms with Gasteiger partial charge in [-0.05, 0) is 62.3 Å². The van der Waals surface area contributed by atoms with Gasteiger partial charge in [0.1, 0.15) is 11.5 Å². The normalized spacial score (nSPS) is 14.5. The van der Waals surface area contributed by atoms with Gasteiger partial charge in [-0.1, -0.05) is 31.0 Å². The molecule has 4 rings (SSSR count). The lowest BCUT2D eigenvalue weighted by Gasteiger charge is -2.19. The molecule has 0 bridgehead atoms. The highest BCUT2D eigenvalue weighted by Crippen LogP contribution is 2.17. The van der Waals surface area contributed by atoms with E-state index >= 15 is 0 Å². The molecule has 1 aromatic heterocycles. The van der Waals surface area contributed by atoms with Crippen molar-refractivity contribution >= 4 is 23.2 Å². The Labute approximate surface area is 186 Å². The second-order valence-electron chi connectivity index (χ2n) is 7.87. The Morgan fingerprint density at radius 2 is 1.62 bits per heavy atom. The van der Waals surface area contributed by atoms with Crippen molar-refractivity contribution in [3.8, 4) is 5.69 Å². The minimum Gasteiger partial charge on any atom is -0.325 e. The molecule has 1 aliphatic heterocycles. The van der Waals surface area contributed by atoms with Crippen LogP contribution >= 0.6 is 0 Å². The number of benzene rings is 2. The van der Waals surface area contributed by atoms with Crippen LogP contribution in [0.15, 0.2) is 60.8 Å². The summed E-state index contributed by atoms with van der Waals surface area (Å²) in [6.45, 7) is 2.26. The van der Waals surface area contributed by atoms with E-state index in [-0.39, 0.29) is 17.3 Å². The van der Waals surface area contributed by atoms with Crippen molar-refractivity contribution in [1.82, 2.24) is 14.7 Å². The number of nitrogens with one attached hydrogen (secondary N) is 2. The number of hydrogen-bond donors (Lipinski definition) is 2. The van der Waals surface area contributed by atoms with E-state index in [1.807, 2.05) is 0 Å². The third-order valence-electron chi connectivity index (χ3n) is 5.39. The van der Waals surface area contributed by atoms with Gasteiger partial charge >= 0.3 is 0 Å². The first-order valence-corrected chi connectivity index (χ1v) is 10.8. The van der Waals surface area contributed by atoms with E-state index in [2.05, 4.69) is 20.6 Å². The molecule has 1 saturated heterocycles. The zero-order valence-electron chi connectivity index (χ0n) is 17.8. The van der Waals surface area contributed by atoms with E-state index in [4.69, 9.17) is 0 Å². The number of carbonyl (C=O) groups excluding carboxylic acids is 2. The van der Waals surface area contributed by atoms with Crippen molar-refractivity contribution in [3.63, 3.8) is 0 Å². The zero-order chi connectivity index (χ0) is 22.3. The highest BCUT2D eigenvalue weighted by Gasteiger charge is 2.15. The number of hydrogen-bond acceptors (Lipinski definition) is 4. The van der Waals surface area contributed by atoms with Gasteiger partial charge in [0.2, 0.25) is 5.91 Å². The highest BCUT2D eigenvalue weighted by molar-refractivity contribution is 6.03. The maximum Gasteiger partial charge on any atom is 0.276 e. The minimum absolute atomic E-state index is 0.0704. The topological polar surface area (TPSA) is 79.3 Å². The van der Waals surface area contributed by atoms with Crippen molar-refractivity contribution in [2.75, 3.05) is 30.3 Å². The lowest BCUT2D eigenvalue weighted by Crippen LogP contribution is -2.33. The number of carbonyl (C=O) groups is 2. The summed E-state index contributed by atoms with van der Waals surface area (Å²) in [5, 5.41) is 9.84. The summed E-state index contributed by atoms with van der Waals surface area (Å²) in [4.78, 5) is 27.2. The third kappa shape index (κ3) is 5.59. The van der Waals surface area contributed by atoms with E-state index in [0.717, 1.165) is 25.9 Å². The molecule has 2 N–H and O–H groups in total. The molecule has 0 aliphatic carbocycles. The molecule has 0 atom stereocenters. The number of nitrogens with zero attached hydrogens (tertiary/aromatic N) is 3. The number of likely N-dealkylation sites (tertiary alicyclic amines) is 1. The number of para-hydroxylation sites is 1. The smallest absolute Gasteiger partial charge is 0.276 e. The second kappa shape index (κ2) is 10.2. The lowest BCUT2D eigenvalue weighted by molar-refractivity contribution is -0.117. The molecule has 2 heterocycles. The fourth-order valence-electron chi connectivity index (χ4n) is 3.78. The average molecular weight is 436 g/mol. The summed E-state index contributed by atoms with van der Waals surface area (Å²) in [7, 11) is 0. The van der Waals surface area contributed by atoms with Gasteiger partial charge in [-0.3, -0.25) is 14.5 Å². The van der Waals surface area contributed by atoms with Gasteiger partial charge < -0.3 is 10.6 Å². The van der Waals surface area contributed by atoms with Gasteiger partial charge in [0.15, 0.2) is 5.69 Å². The van der Waals surface area contributed by atoms with Crippen LogP contribution in [0.3, 0.4) is 0 Å². The molecule has 0 unspecified atom stereocenters. The van der Waals surface area contributed by atoms with Crippen molar-refractivity contribution in [2.24, 2.45) is 0 Å². The molecule has 1 aliphatic rings. The molecular weight excluding hydrogens is 409 g/mol. The number of rotatable bonds is 6. The first-order valence-electron chi connectivity index (χ1n) is 10.8. The number of amides is 2. The second-order valence-corrected chi connectivity index (χ2v) is 7.87. The van der Waals surface area contributed by atoms with E-state index in [9.17, 15) is 14.0 Å². The Bertz CT molecular complexity index is 1090. The maximum atomic E-state index is 14.0. The maximum absolute atomic E-state index is 14.0. The highest BCUT2D eigenvalue weighted by atomic mass is 19.1. The van der Waals surface area contributed by atoms with Crippen LogP contribution in [-0.4, -0.2) is 46.1 Å². The number of aromatic nitrogens is 2. The Morgan fingerprint density at radius 1 is 0.906 bits per heavy atom. The Kier molecular flexibility index (Phi) is 6.91. The first kappa shape index (κ1) is 21.7. The summed E-state index contributed by atoms with van der Waals surface area (Å²) >= 11 is 0. The van der Waals surface area contributed by atoms with Crippen LogP contribution in [0.5, 0.6) is 0 Å². The lowest BCUT2D eigenvalue weighted by atomic mass is 10.2. The fourth-order valence-corrected chi connectivity index (χ4v) is 3.78. The van der Waals surface area contributed by atoms with Gasteiger partial charge in [0.25, 0.3) is 5.91 Å². The van der Waals surface area contributed by atoms with Gasteiger partial charge in [-0.2, -0.15) is 5.10 Å². The Balaban J connectivity index is 1.37. The molecule has 0 saturated carbocycles. The number of anilines is 2. The van der Waals surface area contributed by atoms with Crippen LogP contribution in [0.25, 0.3) is 5.69 Å². The summed E-state index contributed by atoms with van der Waals surface area (Å²) in [6.07, 6.45) is 6.23. The molecule has 0 spiro atoms. The van der Waals surface area contributed by atoms with Crippen LogP contribution in [0, 0.1) is 5.82 Å². The molecule has 3 aromatic rings. The van der Waals surface area contributed by atoms with Gasteiger partial charge in [0.05, 0.1) is 6.54 Å². The van der Waals surface area contributed by atoms with E-state index in [1.165, 1.54) is 35.9 Å². The largest absolute Gasteiger partial charge is 0.325 e.